The van der Waals surface area contributed by atoms with Crippen LogP contribution >= 0.6 is 11.6 Å². The maximum Gasteiger partial charge on any atom is 0.253 e. The van der Waals surface area contributed by atoms with E-state index in [2.05, 4.69) is 9.71 Å². The molecule has 1 N–H and O–H groups in total. The summed E-state index contributed by atoms with van der Waals surface area (Å²) in [4.78, 5) is 16.8. The van der Waals surface area contributed by atoms with Crippen LogP contribution < -0.4 is 15.0 Å². The van der Waals surface area contributed by atoms with Crippen LogP contribution in [-0.4, -0.2) is 31.6 Å². The molecule has 0 unspecified atom stereocenters. The van der Waals surface area contributed by atoms with Gasteiger partial charge in [-0.3, -0.25) is 9.36 Å². The van der Waals surface area contributed by atoms with Gasteiger partial charge in [0.15, 0.2) is 0 Å². The largest absolute Gasteiger partial charge is 0.497 e. The van der Waals surface area contributed by atoms with Crippen molar-refractivity contribution in [3.8, 4) is 17.0 Å². The smallest absolute Gasteiger partial charge is 0.253 e. The third-order valence-electron chi connectivity index (χ3n) is 4.42. The number of methoxy groups -OCH3 is 1. The first kappa shape index (κ1) is 21.0. The van der Waals surface area contributed by atoms with E-state index < -0.39 is 10.0 Å². The van der Waals surface area contributed by atoms with Crippen molar-refractivity contribution in [2.45, 2.75) is 18.4 Å². The average Bonchev–Trinajstić information content (AvgIpc) is 2.71. The summed E-state index contributed by atoms with van der Waals surface area (Å²) in [5, 5.41) is 0.377. The van der Waals surface area contributed by atoms with Gasteiger partial charge in [0.1, 0.15) is 5.75 Å². The third-order valence-corrected chi connectivity index (χ3v) is 6.43. The minimum atomic E-state index is -3.74. The highest BCUT2D eigenvalue weighted by atomic mass is 35.5. The first-order valence-electron chi connectivity index (χ1n) is 8.77. The van der Waals surface area contributed by atoms with Crippen molar-refractivity contribution in [2.24, 2.45) is 0 Å². The van der Waals surface area contributed by atoms with E-state index in [-0.39, 0.29) is 23.5 Å². The van der Waals surface area contributed by atoms with Crippen LogP contribution in [0.15, 0.2) is 64.5 Å². The maximum atomic E-state index is 12.5. The van der Waals surface area contributed by atoms with E-state index in [4.69, 9.17) is 16.3 Å². The molecule has 1 heterocycles. The molecule has 0 aliphatic carbocycles. The SMILES string of the molecule is COc1ccc(-c2cc(=O)n(CCNS(=O)(=O)c3cccc(Cl)c3C)cn2)cc1. The number of nitrogens with one attached hydrogen (secondary N) is 1. The Morgan fingerprint density at radius 3 is 2.55 bits per heavy atom. The highest BCUT2D eigenvalue weighted by Gasteiger charge is 2.17. The summed E-state index contributed by atoms with van der Waals surface area (Å²) in [5.74, 6) is 0.712. The van der Waals surface area contributed by atoms with E-state index in [0.717, 1.165) is 5.56 Å². The fourth-order valence-electron chi connectivity index (χ4n) is 2.77. The third kappa shape index (κ3) is 4.84. The average molecular weight is 434 g/mol. The highest BCUT2D eigenvalue weighted by Crippen LogP contribution is 2.22. The van der Waals surface area contributed by atoms with Crippen molar-refractivity contribution in [3.05, 3.63) is 75.8 Å². The lowest BCUT2D eigenvalue weighted by atomic mass is 10.1. The van der Waals surface area contributed by atoms with Gasteiger partial charge in [0.05, 0.1) is 24.0 Å². The molecule has 0 aliphatic rings. The molecular formula is C20H20ClN3O4S. The van der Waals surface area contributed by atoms with Crippen LogP contribution in [0.3, 0.4) is 0 Å². The number of hydrogen-bond acceptors (Lipinski definition) is 5. The Morgan fingerprint density at radius 2 is 1.90 bits per heavy atom. The predicted molar refractivity (Wildman–Crippen MR) is 112 cm³/mol. The molecule has 0 saturated carbocycles. The molecule has 0 aliphatic heterocycles. The zero-order valence-corrected chi connectivity index (χ0v) is 17.5. The van der Waals surface area contributed by atoms with Gasteiger partial charge >= 0.3 is 0 Å². The summed E-state index contributed by atoms with van der Waals surface area (Å²) >= 11 is 6.00. The first-order chi connectivity index (χ1) is 13.8. The van der Waals surface area contributed by atoms with Gasteiger partial charge in [-0.1, -0.05) is 17.7 Å². The van der Waals surface area contributed by atoms with E-state index in [1.807, 2.05) is 12.1 Å². The number of nitrogens with zero attached hydrogens (tertiary/aromatic N) is 2. The Labute approximate surface area is 174 Å². The second-order valence-corrected chi connectivity index (χ2v) is 8.44. The molecule has 9 heteroatoms. The van der Waals surface area contributed by atoms with Crippen molar-refractivity contribution < 1.29 is 13.2 Å². The number of benzene rings is 2. The molecule has 7 nitrogen and oxygen atoms in total. The summed E-state index contributed by atoms with van der Waals surface area (Å²) in [6.45, 7) is 1.83. The number of halogens is 1. The zero-order chi connectivity index (χ0) is 21.0. The van der Waals surface area contributed by atoms with Gasteiger partial charge in [-0.15, -0.1) is 0 Å². The summed E-state index contributed by atoms with van der Waals surface area (Å²) in [7, 11) is -2.16. The predicted octanol–water partition coefficient (Wildman–Crippen LogP) is 2.86. The van der Waals surface area contributed by atoms with Gasteiger partial charge in [0.25, 0.3) is 5.56 Å². The molecule has 0 spiro atoms. The number of rotatable bonds is 7. The second-order valence-electron chi connectivity index (χ2n) is 6.30. The van der Waals surface area contributed by atoms with Crippen LogP contribution in [-0.2, 0) is 16.6 Å². The number of ether oxygens (including phenoxy) is 1. The number of hydrogen-bond donors (Lipinski definition) is 1. The molecule has 0 saturated heterocycles. The van der Waals surface area contributed by atoms with Gasteiger partial charge in [0, 0.05) is 29.7 Å². The van der Waals surface area contributed by atoms with E-state index in [9.17, 15) is 13.2 Å². The second kappa shape index (κ2) is 8.77. The maximum absolute atomic E-state index is 12.5. The quantitative estimate of drug-likeness (QED) is 0.618. The van der Waals surface area contributed by atoms with Crippen molar-refractivity contribution >= 4 is 21.6 Å². The van der Waals surface area contributed by atoms with Crippen LogP contribution in [0, 0.1) is 6.92 Å². The molecule has 3 rings (SSSR count). The lowest BCUT2D eigenvalue weighted by Crippen LogP contribution is -2.31. The minimum Gasteiger partial charge on any atom is -0.497 e. The van der Waals surface area contributed by atoms with Gasteiger partial charge in [-0.2, -0.15) is 0 Å². The standard InChI is InChI=1S/C20H20ClN3O4S/c1-14-17(21)4-3-5-19(14)29(26,27)23-10-11-24-13-22-18(12-20(24)25)15-6-8-16(28-2)9-7-15/h3-9,12-13,23H,10-11H2,1-2H3. The lowest BCUT2D eigenvalue weighted by Gasteiger charge is -2.11. The minimum absolute atomic E-state index is 0.0394. The first-order valence-corrected chi connectivity index (χ1v) is 10.6. The van der Waals surface area contributed by atoms with Gasteiger partial charge in [0.2, 0.25) is 10.0 Å². The molecule has 3 aromatic rings. The van der Waals surface area contributed by atoms with Crippen LogP contribution in [0.1, 0.15) is 5.56 Å². The van der Waals surface area contributed by atoms with Crippen LogP contribution in [0.25, 0.3) is 11.3 Å². The molecule has 152 valence electrons. The molecule has 0 bridgehead atoms. The lowest BCUT2D eigenvalue weighted by molar-refractivity contribution is 0.415. The summed E-state index contributed by atoms with van der Waals surface area (Å²) in [5.41, 5.74) is 1.52. The topological polar surface area (TPSA) is 90.3 Å². The van der Waals surface area contributed by atoms with Crippen molar-refractivity contribution in [1.29, 1.82) is 0 Å². The monoisotopic (exact) mass is 433 g/mol. The Kier molecular flexibility index (Phi) is 6.36. The van der Waals surface area contributed by atoms with Gasteiger partial charge in [-0.05, 0) is 48.9 Å². The van der Waals surface area contributed by atoms with E-state index in [0.29, 0.717) is 22.0 Å². The highest BCUT2D eigenvalue weighted by molar-refractivity contribution is 7.89. The van der Waals surface area contributed by atoms with Crippen molar-refractivity contribution in [1.82, 2.24) is 14.3 Å². The summed E-state index contributed by atoms with van der Waals surface area (Å²) in [6.07, 6.45) is 1.40. The molecular weight excluding hydrogens is 414 g/mol. The Bertz CT molecular complexity index is 1180. The molecule has 0 radical (unpaired) electrons. The van der Waals surface area contributed by atoms with Crippen LogP contribution in [0.5, 0.6) is 5.75 Å². The Morgan fingerprint density at radius 1 is 1.17 bits per heavy atom. The molecule has 29 heavy (non-hydrogen) atoms. The van der Waals surface area contributed by atoms with Crippen molar-refractivity contribution in [3.63, 3.8) is 0 Å². The zero-order valence-electron chi connectivity index (χ0n) is 15.9. The van der Waals surface area contributed by atoms with Gasteiger partial charge < -0.3 is 4.74 Å². The summed E-state index contributed by atoms with van der Waals surface area (Å²) < 4.78 is 33.9. The molecule has 0 amide bonds. The number of sulfonamides is 1. The molecule has 0 atom stereocenters. The van der Waals surface area contributed by atoms with E-state index >= 15 is 0 Å². The molecule has 1 aromatic heterocycles. The van der Waals surface area contributed by atoms with Crippen LogP contribution in [0.2, 0.25) is 5.02 Å². The van der Waals surface area contributed by atoms with E-state index in [1.54, 1.807) is 38.3 Å². The fraction of sp³-hybridized carbons (Fsp3) is 0.200. The number of aromatic nitrogens is 2. The Hall–Kier alpha value is -2.68. The van der Waals surface area contributed by atoms with Crippen LogP contribution in [0.4, 0.5) is 0 Å². The van der Waals surface area contributed by atoms with E-state index in [1.165, 1.54) is 23.0 Å². The Balaban J connectivity index is 1.69. The summed E-state index contributed by atoms with van der Waals surface area (Å²) in [6, 6.07) is 13.3. The fourth-order valence-corrected chi connectivity index (χ4v) is 4.29. The van der Waals surface area contributed by atoms with Gasteiger partial charge in [-0.25, -0.2) is 18.1 Å². The van der Waals surface area contributed by atoms with Crippen molar-refractivity contribution in [2.75, 3.05) is 13.7 Å². The molecule has 2 aromatic carbocycles. The normalized spacial score (nSPS) is 11.4. The molecule has 0 fully saturated rings.